The van der Waals surface area contributed by atoms with Gasteiger partial charge < -0.3 is 10.1 Å². The maximum absolute atomic E-state index is 12.0. The molecule has 1 aromatic rings. The summed E-state index contributed by atoms with van der Waals surface area (Å²) in [4.78, 5) is 23.6. The quantitative estimate of drug-likeness (QED) is 0.806. The third kappa shape index (κ3) is 2.08. The number of aromatic nitrogens is 2. The van der Waals surface area contributed by atoms with E-state index in [9.17, 15) is 9.59 Å². The lowest BCUT2D eigenvalue weighted by Gasteiger charge is -2.24. The molecule has 2 rings (SSSR count). The van der Waals surface area contributed by atoms with Gasteiger partial charge in [-0.1, -0.05) is 0 Å². The van der Waals surface area contributed by atoms with Crippen molar-refractivity contribution in [1.29, 1.82) is 5.26 Å². The summed E-state index contributed by atoms with van der Waals surface area (Å²) in [5.74, 6) is -0.449. The van der Waals surface area contributed by atoms with Crippen LogP contribution in [0.4, 0.5) is 5.82 Å². The third-order valence-corrected chi connectivity index (χ3v) is 2.74. The van der Waals surface area contributed by atoms with Gasteiger partial charge in [0.05, 0.1) is 12.8 Å². The van der Waals surface area contributed by atoms with Crippen LogP contribution in [-0.2, 0) is 14.3 Å². The van der Waals surface area contributed by atoms with Crippen molar-refractivity contribution < 1.29 is 14.3 Å². The summed E-state index contributed by atoms with van der Waals surface area (Å²) in [6.07, 6.45) is 2.76. The molecule has 2 heterocycles. The molecule has 7 heteroatoms. The number of hydrogen-bond donors (Lipinski definition) is 1. The molecule has 0 fully saturated rings. The van der Waals surface area contributed by atoms with E-state index >= 15 is 0 Å². The van der Waals surface area contributed by atoms with Crippen molar-refractivity contribution in [3.63, 3.8) is 0 Å². The minimum atomic E-state index is -0.948. The lowest BCUT2D eigenvalue weighted by atomic mass is 10.0. The van der Waals surface area contributed by atoms with Gasteiger partial charge in [-0.15, -0.1) is 0 Å². The topological polar surface area (TPSA) is 97.0 Å². The van der Waals surface area contributed by atoms with Crippen LogP contribution in [0, 0.1) is 11.3 Å². The van der Waals surface area contributed by atoms with Crippen molar-refractivity contribution in [3.05, 3.63) is 23.5 Å². The normalized spacial score (nSPS) is 16.7. The molecule has 98 valence electrons. The molecule has 0 saturated heterocycles. The fraction of sp³-hybridized carbons (Fsp3) is 0.333. The minimum absolute atomic E-state index is 0.204. The van der Waals surface area contributed by atoms with E-state index in [1.807, 2.05) is 6.07 Å². The second kappa shape index (κ2) is 4.94. The molecule has 1 aliphatic heterocycles. The van der Waals surface area contributed by atoms with Gasteiger partial charge in [-0.2, -0.15) is 10.4 Å². The Hall–Kier alpha value is -2.62. The SMILES string of the molecule is CCOC(=O)C1C(C(C)=O)=CNc2c(C#N)cnn21. The van der Waals surface area contributed by atoms with Gasteiger partial charge in [-0.05, 0) is 13.8 Å². The van der Waals surface area contributed by atoms with Crippen LogP contribution in [0.5, 0.6) is 0 Å². The number of anilines is 1. The number of nitriles is 1. The van der Waals surface area contributed by atoms with E-state index in [1.54, 1.807) is 6.92 Å². The van der Waals surface area contributed by atoms with E-state index in [2.05, 4.69) is 10.4 Å². The molecule has 0 spiro atoms. The predicted octanol–water partition coefficient (Wildman–Crippen LogP) is 0.757. The zero-order valence-electron chi connectivity index (χ0n) is 10.5. The molecule has 1 atom stereocenters. The van der Waals surface area contributed by atoms with E-state index in [0.717, 1.165) is 0 Å². The highest BCUT2D eigenvalue weighted by Gasteiger charge is 2.35. The van der Waals surface area contributed by atoms with Gasteiger partial charge in [0.15, 0.2) is 11.8 Å². The van der Waals surface area contributed by atoms with Crippen molar-refractivity contribution in [1.82, 2.24) is 9.78 Å². The summed E-state index contributed by atoms with van der Waals surface area (Å²) in [6, 6.07) is 1.01. The summed E-state index contributed by atoms with van der Waals surface area (Å²) in [7, 11) is 0. The van der Waals surface area contributed by atoms with E-state index in [0.29, 0.717) is 11.4 Å². The smallest absolute Gasteiger partial charge is 0.335 e. The number of nitrogens with one attached hydrogen (secondary N) is 1. The van der Waals surface area contributed by atoms with Crippen molar-refractivity contribution >= 4 is 17.6 Å². The van der Waals surface area contributed by atoms with Gasteiger partial charge in [0.2, 0.25) is 0 Å². The number of Topliss-reactive ketones (excluding diaryl/α,β-unsaturated/α-hetero) is 1. The zero-order chi connectivity index (χ0) is 14.0. The third-order valence-electron chi connectivity index (χ3n) is 2.74. The first-order valence-corrected chi connectivity index (χ1v) is 5.72. The molecule has 0 amide bonds. The molecule has 0 bridgehead atoms. The highest BCUT2D eigenvalue weighted by Crippen LogP contribution is 2.30. The minimum Gasteiger partial charge on any atom is -0.464 e. The molecule has 0 radical (unpaired) electrons. The number of esters is 1. The van der Waals surface area contributed by atoms with E-state index in [-0.39, 0.29) is 18.0 Å². The number of hydrogen-bond acceptors (Lipinski definition) is 6. The monoisotopic (exact) mass is 260 g/mol. The Kier molecular flexibility index (Phi) is 3.33. The molecule has 1 aliphatic rings. The number of nitrogens with zero attached hydrogens (tertiary/aromatic N) is 3. The fourth-order valence-corrected chi connectivity index (χ4v) is 1.88. The van der Waals surface area contributed by atoms with Crippen LogP contribution in [0.15, 0.2) is 18.0 Å². The Morgan fingerprint density at radius 2 is 2.37 bits per heavy atom. The van der Waals surface area contributed by atoms with Gasteiger partial charge >= 0.3 is 5.97 Å². The molecular formula is C12H12N4O3. The van der Waals surface area contributed by atoms with Gasteiger partial charge in [-0.25, -0.2) is 9.48 Å². The first kappa shape index (κ1) is 12.8. The molecule has 0 saturated carbocycles. The largest absolute Gasteiger partial charge is 0.464 e. The highest BCUT2D eigenvalue weighted by atomic mass is 16.5. The first-order valence-electron chi connectivity index (χ1n) is 5.72. The average molecular weight is 260 g/mol. The Bertz CT molecular complexity index is 609. The maximum Gasteiger partial charge on any atom is 0.335 e. The lowest BCUT2D eigenvalue weighted by Crippen LogP contribution is -2.31. The summed E-state index contributed by atoms with van der Waals surface area (Å²) >= 11 is 0. The van der Waals surface area contributed by atoms with Crippen molar-refractivity contribution in [2.24, 2.45) is 0 Å². The van der Waals surface area contributed by atoms with Crippen LogP contribution >= 0.6 is 0 Å². The number of carbonyl (C=O) groups excluding carboxylic acids is 2. The molecule has 0 aromatic carbocycles. The Labute approximate surface area is 109 Å². The molecule has 1 unspecified atom stereocenters. The lowest BCUT2D eigenvalue weighted by molar-refractivity contribution is -0.146. The highest BCUT2D eigenvalue weighted by molar-refractivity contribution is 6.01. The van der Waals surface area contributed by atoms with Crippen molar-refractivity contribution in [2.45, 2.75) is 19.9 Å². The summed E-state index contributed by atoms with van der Waals surface area (Å²) < 4.78 is 6.26. The Balaban J connectivity index is 2.50. The summed E-state index contributed by atoms with van der Waals surface area (Å²) in [5, 5.41) is 15.7. The van der Waals surface area contributed by atoms with Gasteiger partial charge in [0.1, 0.15) is 17.5 Å². The summed E-state index contributed by atoms with van der Waals surface area (Å²) in [6.45, 7) is 3.25. The van der Waals surface area contributed by atoms with Crippen LogP contribution in [0.1, 0.15) is 25.5 Å². The van der Waals surface area contributed by atoms with Crippen LogP contribution in [0.3, 0.4) is 0 Å². The number of fused-ring (bicyclic) bond motifs is 1. The standard InChI is InChI=1S/C12H12N4O3/c1-3-19-12(18)10-9(7(2)17)6-14-11-8(4-13)5-15-16(10)11/h5-6,10,14H,3H2,1-2H3. The molecule has 1 N–H and O–H groups in total. The van der Waals surface area contributed by atoms with E-state index in [4.69, 9.17) is 10.00 Å². The second-order valence-corrected chi connectivity index (χ2v) is 3.92. The van der Waals surface area contributed by atoms with Gasteiger partial charge in [0.25, 0.3) is 0 Å². The van der Waals surface area contributed by atoms with Crippen molar-refractivity contribution in [3.8, 4) is 6.07 Å². The molecular weight excluding hydrogens is 248 g/mol. The van der Waals surface area contributed by atoms with Crippen LogP contribution in [0.2, 0.25) is 0 Å². The Morgan fingerprint density at radius 3 is 2.95 bits per heavy atom. The molecule has 19 heavy (non-hydrogen) atoms. The van der Waals surface area contributed by atoms with Gasteiger partial charge in [-0.3, -0.25) is 4.79 Å². The number of carbonyl (C=O) groups is 2. The van der Waals surface area contributed by atoms with Crippen LogP contribution < -0.4 is 5.32 Å². The fourth-order valence-electron chi connectivity index (χ4n) is 1.88. The zero-order valence-corrected chi connectivity index (χ0v) is 10.5. The number of rotatable bonds is 3. The predicted molar refractivity (Wildman–Crippen MR) is 65.0 cm³/mol. The van der Waals surface area contributed by atoms with Crippen LogP contribution in [-0.4, -0.2) is 28.1 Å². The average Bonchev–Trinajstić information content (AvgIpc) is 2.80. The second-order valence-electron chi connectivity index (χ2n) is 3.92. The molecule has 1 aromatic heterocycles. The molecule has 7 nitrogen and oxygen atoms in total. The Morgan fingerprint density at radius 1 is 1.63 bits per heavy atom. The van der Waals surface area contributed by atoms with Gasteiger partial charge in [0, 0.05) is 11.8 Å². The number of ether oxygens (including phenoxy) is 1. The first-order chi connectivity index (χ1) is 9.10. The van der Waals surface area contributed by atoms with Crippen molar-refractivity contribution in [2.75, 3.05) is 11.9 Å². The maximum atomic E-state index is 12.0. The molecule has 0 aliphatic carbocycles. The number of ketones is 1. The summed E-state index contributed by atoms with van der Waals surface area (Å²) in [5.41, 5.74) is 0.548. The van der Waals surface area contributed by atoms with E-state index < -0.39 is 12.0 Å². The van der Waals surface area contributed by atoms with E-state index in [1.165, 1.54) is 24.0 Å². The van der Waals surface area contributed by atoms with Crippen LogP contribution in [0.25, 0.3) is 0 Å².